The molecule has 110 valence electrons. The van der Waals surface area contributed by atoms with Crippen LogP contribution in [-0.4, -0.2) is 36.1 Å². The van der Waals surface area contributed by atoms with Crippen LogP contribution in [0.1, 0.15) is 66.2 Å². The first-order valence-corrected chi connectivity index (χ1v) is 8.13. The normalized spacial score (nSPS) is 19.2. The van der Waals surface area contributed by atoms with Crippen LogP contribution in [0.2, 0.25) is 0 Å². The van der Waals surface area contributed by atoms with Gasteiger partial charge in [0.25, 0.3) is 0 Å². The molecule has 0 saturated heterocycles. The fourth-order valence-electron chi connectivity index (χ4n) is 3.87. The van der Waals surface area contributed by atoms with Gasteiger partial charge >= 0.3 is 0 Å². The van der Waals surface area contributed by atoms with Gasteiger partial charge in [0.15, 0.2) is 0 Å². The van der Waals surface area contributed by atoms with Crippen molar-refractivity contribution in [1.29, 1.82) is 0 Å². The Morgan fingerprint density at radius 3 is 2.26 bits per heavy atom. The van der Waals surface area contributed by atoms with Gasteiger partial charge in [-0.25, -0.2) is 0 Å². The number of likely N-dealkylation sites (N-methyl/N-ethyl adjacent to an activating group) is 2. The monoisotopic (exact) mass is 264 g/mol. The molecule has 1 aliphatic carbocycles. The topological polar surface area (TPSA) is 15.3 Å². The van der Waals surface area contributed by atoms with Gasteiger partial charge in [-0.3, -0.25) is 4.90 Å². The fourth-order valence-corrected chi connectivity index (χ4v) is 3.87. The van der Waals surface area contributed by atoms with Crippen molar-refractivity contribution in [3.63, 3.8) is 0 Å². The lowest BCUT2D eigenvalue weighted by atomic mass is 9.83. The molecular weight excluding hydrogens is 232 g/mol. The zero-order valence-electron chi connectivity index (χ0n) is 13.4. The fraction of sp³-hybridized carbons (Fsp3) is 0.882. The van der Waals surface area contributed by atoms with Crippen molar-refractivity contribution in [2.75, 3.05) is 19.6 Å². The highest BCUT2D eigenvalue weighted by molar-refractivity contribution is 5.05. The first-order valence-electron chi connectivity index (χ1n) is 8.13. The number of nitrogens with one attached hydrogen (secondary N) is 1. The summed E-state index contributed by atoms with van der Waals surface area (Å²) < 4.78 is 0. The first-order chi connectivity index (χ1) is 9.25. The Labute approximate surface area is 120 Å². The Balaban J connectivity index is 2.86. The van der Waals surface area contributed by atoms with Crippen LogP contribution < -0.4 is 5.32 Å². The molecule has 0 aromatic rings. The molecule has 0 aromatic heterocycles. The molecule has 2 nitrogen and oxygen atoms in total. The second kappa shape index (κ2) is 8.61. The van der Waals surface area contributed by atoms with Crippen LogP contribution in [0, 0.1) is 11.8 Å². The van der Waals surface area contributed by atoms with Crippen LogP contribution in [0.25, 0.3) is 0 Å². The highest BCUT2D eigenvalue weighted by Gasteiger charge is 2.43. The van der Waals surface area contributed by atoms with Crippen molar-refractivity contribution in [3.05, 3.63) is 0 Å². The molecule has 19 heavy (non-hydrogen) atoms. The van der Waals surface area contributed by atoms with Gasteiger partial charge in [0.05, 0.1) is 0 Å². The summed E-state index contributed by atoms with van der Waals surface area (Å²) in [5.74, 6) is 6.28. The van der Waals surface area contributed by atoms with Crippen molar-refractivity contribution in [3.8, 4) is 11.8 Å². The van der Waals surface area contributed by atoms with Gasteiger partial charge in [-0.15, -0.1) is 11.8 Å². The van der Waals surface area contributed by atoms with Crippen LogP contribution in [0.4, 0.5) is 0 Å². The molecule has 1 unspecified atom stereocenters. The maximum absolute atomic E-state index is 3.76. The molecule has 0 bridgehead atoms. The summed E-state index contributed by atoms with van der Waals surface area (Å²) in [6, 6.07) is 0.598. The molecule has 0 radical (unpaired) electrons. The summed E-state index contributed by atoms with van der Waals surface area (Å²) in [5.41, 5.74) is 0.384. The summed E-state index contributed by atoms with van der Waals surface area (Å²) in [7, 11) is 0. The molecule has 0 aromatic carbocycles. The van der Waals surface area contributed by atoms with E-state index >= 15 is 0 Å². The Morgan fingerprint density at radius 1 is 1.16 bits per heavy atom. The van der Waals surface area contributed by atoms with Crippen LogP contribution in [0.3, 0.4) is 0 Å². The maximum atomic E-state index is 3.76. The van der Waals surface area contributed by atoms with Crippen LogP contribution >= 0.6 is 0 Å². The average Bonchev–Trinajstić information content (AvgIpc) is 2.90. The largest absolute Gasteiger partial charge is 0.312 e. The van der Waals surface area contributed by atoms with E-state index in [9.17, 15) is 0 Å². The molecule has 0 amide bonds. The Morgan fingerprint density at radius 2 is 1.79 bits per heavy atom. The molecule has 1 N–H and O–H groups in total. The van der Waals surface area contributed by atoms with Gasteiger partial charge < -0.3 is 5.32 Å². The third-order valence-electron chi connectivity index (χ3n) is 4.70. The van der Waals surface area contributed by atoms with Gasteiger partial charge in [0, 0.05) is 18.0 Å². The van der Waals surface area contributed by atoms with E-state index in [0.29, 0.717) is 11.6 Å². The van der Waals surface area contributed by atoms with E-state index in [1.807, 2.05) is 6.92 Å². The molecule has 1 atom stereocenters. The number of nitrogens with zero attached hydrogens (tertiary/aromatic N) is 1. The SMILES string of the molecule is CC#CCCC(NCC)C1(N(CC)CC)CCCC1. The highest BCUT2D eigenvalue weighted by Crippen LogP contribution is 2.39. The summed E-state index contributed by atoms with van der Waals surface area (Å²) in [4.78, 5) is 2.70. The lowest BCUT2D eigenvalue weighted by Gasteiger charge is -2.46. The van der Waals surface area contributed by atoms with E-state index < -0.39 is 0 Å². The molecule has 1 aliphatic rings. The molecule has 0 aliphatic heterocycles. The minimum Gasteiger partial charge on any atom is -0.312 e. The van der Waals surface area contributed by atoms with Gasteiger partial charge in [0.1, 0.15) is 0 Å². The minimum absolute atomic E-state index is 0.384. The molecule has 0 heterocycles. The lowest BCUT2D eigenvalue weighted by molar-refractivity contribution is 0.0608. The Hall–Kier alpha value is -0.520. The maximum Gasteiger partial charge on any atom is 0.0362 e. The van der Waals surface area contributed by atoms with E-state index in [0.717, 1.165) is 26.1 Å². The van der Waals surface area contributed by atoms with Gasteiger partial charge in [-0.05, 0) is 45.8 Å². The van der Waals surface area contributed by atoms with E-state index in [2.05, 4.69) is 42.8 Å². The van der Waals surface area contributed by atoms with E-state index in [1.165, 1.54) is 32.1 Å². The molecule has 1 fully saturated rings. The standard InChI is InChI=1S/C17H32N2/c1-5-9-10-13-16(18-6-2)17(14-11-12-15-17)19(7-3)8-4/h16,18H,6-8,10-15H2,1-4H3. The minimum atomic E-state index is 0.384. The van der Waals surface area contributed by atoms with E-state index in [1.54, 1.807) is 0 Å². The summed E-state index contributed by atoms with van der Waals surface area (Å²) >= 11 is 0. The highest BCUT2D eigenvalue weighted by atomic mass is 15.2. The predicted molar refractivity (Wildman–Crippen MR) is 84.3 cm³/mol. The first kappa shape index (κ1) is 16.5. The third kappa shape index (κ3) is 3.97. The quantitative estimate of drug-likeness (QED) is 0.676. The van der Waals surface area contributed by atoms with Crippen molar-refractivity contribution in [2.24, 2.45) is 0 Å². The molecular formula is C17H32N2. The van der Waals surface area contributed by atoms with Crippen molar-refractivity contribution < 1.29 is 0 Å². The zero-order chi connectivity index (χ0) is 14.1. The van der Waals surface area contributed by atoms with Gasteiger partial charge in [-0.1, -0.05) is 33.6 Å². The average molecular weight is 264 g/mol. The van der Waals surface area contributed by atoms with Crippen LogP contribution in [0.5, 0.6) is 0 Å². The number of hydrogen-bond acceptors (Lipinski definition) is 2. The molecule has 1 rings (SSSR count). The Kier molecular flexibility index (Phi) is 7.49. The van der Waals surface area contributed by atoms with Crippen LogP contribution in [-0.2, 0) is 0 Å². The Bertz CT molecular complexity index is 290. The van der Waals surface area contributed by atoms with Crippen LogP contribution in [0.15, 0.2) is 0 Å². The second-order valence-corrected chi connectivity index (χ2v) is 5.56. The zero-order valence-corrected chi connectivity index (χ0v) is 13.4. The molecule has 2 heteroatoms. The van der Waals surface area contributed by atoms with Crippen molar-refractivity contribution >= 4 is 0 Å². The summed E-state index contributed by atoms with van der Waals surface area (Å²) in [6.07, 6.45) is 7.69. The van der Waals surface area contributed by atoms with E-state index in [-0.39, 0.29) is 0 Å². The molecule has 1 saturated carbocycles. The second-order valence-electron chi connectivity index (χ2n) is 5.56. The van der Waals surface area contributed by atoms with E-state index in [4.69, 9.17) is 0 Å². The van der Waals surface area contributed by atoms with Crippen molar-refractivity contribution in [2.45, 2.75) is 77.8 Å². The third-order valence-corrected chi connectivity index (χ3v) is 4.70. The number of rotatable bonds is 8. The number of hydrogen-bond donors (Lipinski definition) is 1. The van der Waals surface area contributed by atoms with Gasteiger partial charge in [-0.2, -0.15) is 0 Å². The van der Waals surface area contributed by atoms with Gasteiger partial charge in [0.2, 0.25) is 0 Å². The predicted octanol–water partition coefficient (Wildman–Crippen LogP) is 3.42. The molecule has 0 spiro atoms. The summed E-state index contributed by atoms with van der Waals surface area (Å²) in [5, 5.41) is 3.76. The lowest BCUT2D eigenvalue weighted by Crippen LogP contribution is -2.59. The summed E-state index contributed by atoms with van der Waals surface area (Å²) in [6.45, 7) is 12.2. The van der Waals surface area contributed by atoms with Crippen molar-refractivity contribution in [1.82, 2.24) is 10.2 Å². The smallest absolute Gasteiger partial charge is 0.0362 e.